The van der Waals surface area contributed by atoms with Crippen LogP contribution in [-0.4, -0.2) is 26.9 Å². The zero-order chi connectivity index (χ0) is 25.0. The van der Waals surface area contributed by atoms with Crippen molar-refractivity contribution in [2.75, 3.05) is 0 Å². The number of hydrogen-bond donors (Lipinski definition) is 3. The van der Waals surface area contributed by atoms with Crippen molar-refractivity contribution in [3.05, 3.63) is 60.8 Å². The highest BCUT2D eigenvalue weighted by atomic mass is 31.3. The van der Waals surface area contributed by atoms with Crippen LogP contribution < -0.4 is 0 Å². The van der Waals surface area contributed by atoms with Crippen LogP contribution in [0.25, 0.3) is 0 Å². The number of carbonyl (C=O) groups is 1. The van der Waals surface area contributed by atoms with Gasteiger partial charge >= 0.3 is 21.6 Å². The fourth-order valence-electron chi connectivity index (χ4n) is 2.39. The average molecular weight is 506 g/mol. The summed E-state index contributed by atoms with van der Waals surface area (Å²) in [5, 5.41) is 0. The summed E-state index contributed by atoms with van der Waals surface area (Å²) in [5.41, 5.74) is 0. The van der Waals surface area contributed by atoms with Gasteiger partial charge in [0.2, 0.25) is 6.29 Å². The molecule has 2 unspecified atom stereocenters. The molecule has 0 rings (SSSR count). The Bertz CT molecular complexity index is 779. The van der Waals surface area contributed by atoms with E-state index in [9.17, 15) is 18.8 Å². The summed E-state index contributed by atoms with van der Waals surface area (Å²) in [6.07, 6.45) is 25.0. The van der Waals surface area contributed by atoms with Crippen molar-refractivity contribution in [2.24, 2.45) is 0 Å². The normalized spacial score (nSPS) is 15.9. The van der Waals surface area contributed by atoms with Crippen LogP contribution in [0.2, 0.25) is 0 Å². The second-order valence-electron chi connectivity index (χ2n) is 6.82. The molecule has 0 bridgehead atoms. The van der Waals surface area contributed by atoms with Gasteiger partial charge in [-0.05, 0) is 44.9 Å². The average Bonchev–Trinajstić information content (AvgIpc) is 2.67. The molecule has 0 radical (unpaired) electrons. The second kappa shape index (κ2) is 18.8. The summed E-state index contributed by atoms with van der Waals surface area (Å²) in [6, 6.07) is 0. The fraction of sp³-hybridized carbons (Fsp3) is 0.500. The Morgan fingerprint density at radius 3 is 1.70 bits per heavy atom. The van der Waals surface area contributed by atoms with E-state index in [0.29, 0.717) is 12.8 Å². The molecule has 2 atom stereocenters. The molecule has 3 N–H and O–H groups in total. The molecule has 0 aromatic heterocycles. The van der Waals surface area contributed by atoms with Gasteiger partial charge in [-0.25, -0.2) is 13.7 Å². The molecule has 0 amide bonds. The second-order valence-corrected chi connectivity index (χ2v) is 9.61. The smallest absolute Gasteiger partial charge is 0.435 e. The van der Waals surface area contributed by atoms with Gasteiger partial charge < -0.3 is 19.4 Å². The van der Waals surface area contributed by atoms with Gasteiger partial charge in [-0.15, -0.1) is 0 Å². The summed E-state index contributed by atoms with van der Waals surface area (Å²) >= 11 is 0. The van der Waals surface area contributed by atoms with E-state index in [-0.39, 0.29) is 6.42 Å². The third-order valence-electron chi connectivity index (χ3n) is 3.73. The molecule has 33 heavy (non-hydrogen) atoms. The molecular weight excluding hydrogens is 470 g/mol. The van der Waals surface area contributed by atoms with Crippen molar-refractivity contribution in [1.29, 1.82) is 0 Å². The number of phosphoric acid groups is 2. The van der Waals surface area contributed by atoms with Crippen LogP contribution in [0.4, 0.5) is 0 Å². The third-order valence-corrected chi connectivity index (χ3v) is 5.90. The number of allylic oxidation sites excluding steroid dienone is 10. The molecule has 9 nitrogen and oxygen atoms in total. The SMILES string of the molecule is CC/C=C\C/C=C\C/C=C\C/C=C\C/C=C\CCCC(OC(C)=O)OP(=O)(O)OP(=O)(O)O. The van der Waals surface area contributed by atoms with Crippen molar-refractivity contribution >= 4 is 21.6 Å². The topological polar surface area (TPSA) is 140 Å². The molecule has 0 fully saturated rings. The van der Waals surface area contributed by atoms with E-state index in [1.807, 2.05) is 18.2 Å². The highest BCUT2D eigenvalue weighted by Crippen LogP contribution is 2.58. The molecular formula is C22H36O9P2. The minimum Gasteiger partial charge on any atom is -0.435 e. The first-order chi connectivity index (χ1) is 15.6. The first-order valence-corrected chi connectivity index (χ1v) is 13.8. The van der Waals surface area contributed by atoms with E-state index in [1.54, 1.807) is 0 Å². The van der Waals surface area contributed by atoms with Crippen LogP contribution in [0.3, 0.4) is 0 Å². The highest BCUT2D eigenvalue weighted by molar-refractivity contribution is 7.60. The van der Waals surface area contributed by atoms with Gasteiger partial charge in [0.15, 0.2) is 0 Å². The first-order valence-electron chi connectivity index (χ1n) is 10.8. The Kier molecular flexibility index (Phi) is 17.9. The largest absolute Gasteiger partial charge is 0.484 e. The summed E-state index contributed by atoms with van der Waals surface area (Å²) in [5.74, 6) is -0.772. The lowest BCUT2D eigenvalue weighted by Crippen LogP contribution is -2.19. The monoisotopic (exact) mass is 506 g/mol. The van der Waals surface area contributed by atoms with E-state index in [0.717, 1.165) is 39.0 Å². The summed E-state index contributed by atoms with van der Waals surface area (Å²) < 4.78 is 35.3. The van der Waals surface area contributed by atoms with Crippen LogP contribution in [0.1, 0.15) is 65.2 Å². The molecule has 0 aliphatic rings. The van der Waals surface area contributed by atoms with Crippen LogP contribution in [0.15, 0.2) is 60.8 Å². The lowest BCUT2D eigenvalue weighted by atomic mass is 10.2. The number of unbranched alkanes of at least 4 members (excludes halogenated alkanes) is 1. The van der Waals surface area contributed by atoms with E-state index >= 15 is 0 Å². The Balaban J connectivity index is 4.12. The third kappa shape index (κ3) is 23.4. The van der Waals surface area contributed by atoms with Crippen LogP contribution in [-0.2, 0) is 27.5 Å². The summed E-state index contributed by atoms with van der Waals surface area (Å²) in [4.78, 5) is 37.7. The molecule has 0 heterocycles. The van der Waals surface area contributed by atoms with E-state index in [1.165, 1.54) is 0 Å². The fourth-order valence-corrected chi connectivity index (χ4v) is 4.07. The predicted octanol–water partition coefficient (Wildman–Crippen LogP) is 6.02. The Labute approximate surface area is 196 Å². The van der Waals surface area contributed by atoms with Gasteiger partial charge in [0.25, 0.3) is 0 Å². The zero-order valence-electron chi connectivity index (χ0n) is 19.2. The number of esters is 1. The van der Waals surface area contributed by atoms with Gasteiger partial charge in [-0.3, -0.25) is 4.79 Å². The highest BCUT2D eigenvalue weighted by Gasteiger charge is 2.35. The quantitative estimate of drug-likeness (QED) is 0.0669. The number of phosphoric ester groups is 1. The molecule has 0 aromatic carbocycles. The van der Waals surface area contributed by atoms with Gasteiger partial charge in [0.05, 0.1) is 0 Å². The van der Waals surface area contributed by atoms with E-state index in [4.69, 9.17) is 14.5 Å². The minimum absolute atomic E-state index is 0.0446. The lowest BCUT2D eigenvalue weighted by molar-refractivity contribution is -0.163. The number of rotatable bonds is 18. The molecule has 0 spiro atoms. The molecule has 0 aliphatic heterocycles. The van der Waals surface area contributed by atoms with Gasteiger partial charge in [0.1, 0.15) is 0 Å². The van der Waals surface area contributed by atoms with Crippen LogP contribution in [0, 0.1) is 0 Å². The first kappa shape index (κ1) is 31.4. The van der Waals surface area contributed by atoms with Crippen molar-refractivity contribution in [2.45, 2.75) is 71.5 Å². The molecule has 0 saturated carbocycles. The maximum atomic E-state index is 11.6. The van der Waals surface area contributed by atoms with E-state index in [2.05, 4.69) is 58.3 Å². The molecule has 11 heteroatoms. The Hall–Kier alpha value is -1.57. The standard InChI is InChI=1S/C22H36O9P2/c1-3-4-5-6-7-8-9-10-11-12-13-14-15-16-17-18-19-20-22(29-21(2)23)30-33(27,28)31-32(24,25)26/h4-5,7-8,10-11,13-14,16-17,22H,3,6,9,12,15,18-20H2,1-2H3,(H,27,28)(H2,24,25,26)/b5-4-,8-7-,11-10-,14-13-,17-16-. The number of hydrogen-bond acceptors (Lipinski definition) is 6. The molecule has 0 aromatic rings. The summed E-state index contributed by atoms with van der Waals surface area (Å²) in [6.45, 7) is 3.19. The minimum atomic E-state index is -5.25. The van der Waals surface area contributed by atoms with Gasteiger partial charge in [-0.2, -0.15) is 4.31 Å². The lowest BCUT2D eigenvalue weighted by Gasteiger charge is -2.20. The zero-order valence-corrected chi connectivity index (χ0v) is 21.0. The van der Waals surface area contributed by atoms with E-state index < -0.39 is 27.9 Å². The van der Waals surface area contributed by atoms with Gasteiger partial charge in [-0.1, -0.05) is 67.7 Å². The molecule has 0 saturated heterocycles. The van der Waals surface area contributed by atoms with Crippen LogP contribution in [0.5, 0.6) is 0 Å². The summed E-state index contributed by atoms with van der Waals surface area (Å²) in [7, 11) is -10.3. The Morgan fingerprint density at radius 2 is 1.27 bits per heavy atom. The molecule has 188 valence electrons. The van der Waals surface area contributed by atoms with Gasteiger partial charge in [0, 0.05) is 13.3 Å². The van der Waals surface area contributed by atoms with Crippen molar-refractivity contribution in [3.8, 4) is 0 Å². The predicted molar refractivity (Wildman–Crippen MR) is 128 cm³/mol. The maximum Gasteiger partial charge on any atom is 0.484 e. The number of ether oxygens (including phenoxy) is 1. The molecule has 0 aliphatic carbocycles. The number of carbonyl (C=O) groups excluding carboxylic acids is 1. The van der Waals surface area contributed by atoms with Crippen molar-refractivity contribution in [3.63, 3.8) is 0 Å². The van der Waals surface area contributed by atoms with Crippen LogP contribution >= 0.6 is 15.6 Å². The van der Waals surface area contributed by atoms with Crippen molar-refractivity contribution < 1.29 is 42.2 Å². The Morgan fingerprint density at radius 1 is 0.818 bits per heavy atom. The maximum absolute atomic E-state index is 11.6. The van der Waals surface area contributed by atoms with Crippen molar-refractivity contribution in [1.82, 2.24) is 0 Å².